The Balaban J connectivity index is 0.961. The third kappa shape index (κ3) is 6.69. The van der Waals surface area contributed by atoms with Gasteiger partial charge in [0.2, 0.25) is 0 Å². The number of aromatic nitrogens is 6. The van der Waals surface area contributed by atoms with Gasteiger partial charge in [-0.1, -0.05) is 208 Å². The van der Waals surface area contributed by atoms with Gasteiger partial charge in [0, 0.05) is 55.9 Å². The average molecular weight is 1010 g/mol. The molecule has 7 heteroatoms. The number of nitrogens with zero attached hydrogens (tertiary/aromatic N) is 6. The molecule has 0 amide bonds. The van der Waals surface area contributed by atoms with Gasteiger partial charge in [-0.25, -0.2) is 24.9 Å². The van der Waals surface area contributed by atoms with Gasteiger partial charge >= 0.3 is 0 Å². The fourth-order valence-corrected chi connectivity index (χ4v) is 13.3. The molecule has 2 aliphatic carbocycles. The molecule has 14 aromatic rings. The normalized spacial score (nSPS) is 13.7. The van der Waals surface area contributed by atoms with Crippen molar-refractivity contribution in [3.8, 4) is 62.2 Å². The van der Waals surface area contributed by atoms with Crippen LogP contribution in [0.3, 0.4) is 0 Å². The summed E-state index contributed by atoms with van der Waals surface area (Å²) in [5, 5.41) is 3.23. The first kappa shape index (κ1) is 45.1. The van der Waals surface area contributed by atoms with Crippen LogP contribution in [-0.2, 0) is 17.3 Å². The first-order valence-corrected chi connectivity index (χ1v) is 27.0. The summed E-state index contributed by atoms with van der Waals surface area (Å²) in [7, 11) is 0. The summed E-state index contributed by atoms with van der Waals surface area (Å²) in [4.78, 5) is 27.0. The van der Waals surface area contributed by atoms with Gasteiger partial charge in [-0.2, -0.15) is 0 Å². The second kappa shape index (κ2) is 17.2. The molecule has 2 aliphatic rings. The largest absolute Gasteiger partial charge is 0.452 e. The van der Waals surface area contributed by atoms with E-state index < -0.39 is 5.41 Å². The number of furan rings is 1. The standard InChI is InChI=1S/C72H48N6O/c1-71(2)55-30-14-16-32-57(55)72(58-33-17-15-31-56(58)71)54-39-37-47(43-53(54)64-51(29-20-34-59(64)72)70-74-63(41-44-21-6-3-7-22-44)73-68(77-70)45-23-8-4-9-24-45)69-75-65(67-66(76-69)50-28-13-19-36-62(50)79-67)46-38-40-61-52(42-46)49-27-12-18-35-60(49)78(61)48-25-10-5-11-26-48/h3-40,42-43H,41H2,1-2H3. The van der Waals surface area contributed by atoms with Crippen molar-refractivity contribution in [3.05, 3.63) is 287 Å². The Labute approximate surface area is 456 Å². The Morgan fingerprint density at radius 2 is 1.01 bits per heavy atom. The fraction of sp³-hybridized carbons (Fsp3) is 0.0694. The lowest BCUT2D eigenvalue weighted by molar-refractivity contribution is 0.563. The predicted octanol–water partition coefficient (Wildman–Crippen LogP) is 16.9. The van der Waals surface area contributed by atoms with Crippen molar-refractivity contribution in [1.29, 1.82) is 0 Å². The van der Waals surface area contributed by atoms with Crippen LogP contribution in [0.5, 0.6) is 0 Å². The smallest absolute Gasteiger partial charge is 0.180 e. The number of rotatable bonds is 7. The molecule has 0 bridgehead atoms. The molecule has 16 rings (SSSR count). The second-order valence-corrected chi connectivity index (χ2v) is 21.5. The van der Waals surface area contributed by atoms with E-state index in [1.807, 2.05) is 42.5 Å². The van der Waals surface area contributed by atoms with E-state index in [0.29, 0.717) is 35.3 Å². The summed E-state index contributed by atoms with van der Waals surface area (Å²) in [5.41, 5.74) is 19.8. The van der Waals surface area contributed by atoms with Gasteiger partial charge in [0.1, 0.15) is 22.6 Å². The molecule has 0 N–H and O–H groups in total. The number of para-hydroxylation sites is 3. The van der Waals surface area contributed by atoms with Crippen molar-refractivity contribution in [2.24, 2.45) is 0 Å². The Kier molecular flexibility index (Phi) is 9.82. The van der Waals surface area contributed by atoms with Crippen molar-refractivity contribution >= 4 is 43.9 Å². The third-order valence-corrected chi connectivity index (χ3v) is 16.8. The van der Waals surface area contributed by atoms with Crippen molar-refractivity contribution < 1.29 is 4.42 Å². The topological polar surface area (TPSA) is 82.5 Å². The van der Waals surface area contributed by atoms with Gasteiger partial charge in [-0.3, -0.25) is 0 Å². The fourth-order valence-electron chi connectivity index (χ4n) is 13.3. The van der Waals surface area contributed by atoms with Crippen LogP contribution in [0.2, 0.25) is 0 Å². The Morgan fingerprint density at radius 1 is 0.405 bits per heavy atom. The van der Waals surface area contributed by atoms with Crippen LogP contribution in [0.15, 0.2) is 247 Å². The first-order valence-electron chi connectivity index (χ1n) is 27.0. The van der Waals surface area contributed by atoms with Crippen LogP contribution in [0.1, 0.15) is 58.6 Å². The minimum atomic E-state index is -0.685. The highest BCUT2D eigenvalue weighted by atomic mass is 16.3. The Bertz CT molecular complexity index is 4740. The van der Waals surface area contributed by atoms with Gasteiger partial charge in [0.15, 0.2) is 23.1 Å². The molecule has 4 aromatic heterocycles. The van der Waals surface area contributed by atoms with E-state index in [9.17, 15) is 0 Å². The highest BCUT2D eigenvalue weighted by Crippen LogP contribution is 2.63. The predicted molar refractivity (Wildman–Crippen MR) is 317 cm³/mol. The van der Waals surface area contributed by atoms with Crippen LogP contribution >= 0.6 is 0 Å². The highest BCUT2D eigenvalue weighted by molar-refractivity contribution is 6.12. The molecule has 0 radical (unpaired) electrons. The van der Waals surface area contributed by atoms with E-state index in [2.05, 4.69) is 219 Å². The van der Waals surface area contributed by atoms with Crippen molar-refractivity contribution in [1.82, 2.24) is 29.5 Å². The SMILES string of the molecule is CC1(C)c2ccccc2C2(c3ccc(-c4nc(-c5ccc6c(c5)c5ccccc5n6-c5ccccc5)c5oc6ccccc6c5n4)cc3-c3c(-c4nc(Cc5ccccc5)nc(-c5ccccc5)n4)cccc32)c2ccccc21. The molecule has 0 fully saturated rings. The van der Waals surface area contributed by atoms with Gasteiger partial charge < -0.3 is 8.98 Å². The minimum Gasteiger partial charge on any atom is -0.452 e. The monoisotopic (exact) mass is 1010 g/mol. The minimum absolute atomic E-state index is 0.267. The van der Waals surface area contributed by atoms with E-state index in [4.69, 9.17) is 29.3 Å². The molecule has 0 unspecified atom stereocenters. The van der Waals surface area contributed by atoms with Gasteiger partial charge in [-0.15, -0.1) is 0 Å². The van der Waals surface area contributed by atoms with Crippen molar-refractivity contribution in [2.45, 2.75) is 31.1 Å². The van der Waals surface area contributed by atoms with Gasteiger partial charge in [0.05, 0.1) is 16.4 Å². The van der Waals surface area contributed by atoms with Crippen LogP contribution < -0.4 is 0 Å². The number of hydrogen-bond acceptors (Lipinski definition) is 6. The molecular formula is C72H48N6O. The molecule has 4 heterocycles. The zero-order chi connectivity index (χ0) is 52.4. The second-order valence-electron chi connectivity index (χ2n) is 21.5. The quantitative estimate of drug-likeness (QED) is 0.158. The molecule has 79 heavy (non-hydrogen) atoms. The van der Waals surface area contributed by atoms with E-state index >= 15 is 0 Å². The molecule has 0 saturated carbocycles. The number of fused-ring (bicyclic) bond motifs is 15. The molecule has 0 atom stereocenters. The molecule has 10 aromatic carbocycles. The van der Waals surface area contributed by atoms with Crippen LogP contribution in [0.4, 0.5) is 0 Å². The van der Waals surface area contributed by atoms with Crippen molar-refractivity contribution in [3.63, 3.8) is 0 Å². The maximum atomic E-state index is 6.79. The van der Waals surface area contributed by atoms with Crippen LogP contribution in [0.25, 0.3) is 106 Å². The summed E-state index contributed by atoms with van der Waals surface area (Å²) in [5.74, 6) is 2.56. The maximum absolute atomic E-state index is 6.79. The zero-order valence-electron chi connectivity index (χ0n) is 43.4. The van der Waals surface area contributed by atoms with Gasteiger partial charge in [0.25, 0.3) is 0 Å². The van der Waals surface area contributed by atoms with E-state index in [0.717, 1.165) is 88.6 Å². The summed E-state index contributed by atoms with van der Waals surface area (Å²) in [6.45, 7) is 4.73. The maximum Gasteiger partial charge on any atom is 0.180 e. The molecular weight excluding hydrogens is 965 g/mol. The Hall–Kier alpha value is -10.1. The molecule has 1 spiro atoms. The lowest BCUT2D eigenvalue weighted by atomic mass is 9.55. The summed E-state index contributed by atoms with van der Waals surface area (Å²) in [6, 6.07) is 86.5. The summed E-state index contributed by atoms with van der Waals surface area (Å²) >= 11 is 0. The third-order valence-electron chi connectivity index (χ3n) is 16.8. The zero-order valence-corrected chi connectivity index (χ0v) is 43.4. The van der Waals surface area contributed by atoms with Crippen LogP contribution in [0, 0.1) is 0 Å². The lowest BCUT2D eigenvalue weighted by Crippen LogP contribution is -2.40. The number of hydrogen-bond donors (Lipinski definition) is 0. The van der Waals surface area contributed by atoms with E-state index in [-0.39, 0.29) is 5.41 Å². The molecule has 372 valence electrons. The van der Waals surface area contributed by atoms with Crippen molar-refractivity contribution in [2.75, 3.05) is 0 Å². The first-order chi connectivity index (χ1) is 38.9. The number of benzene rings is 10. The lowest BCUT2D eigenvalue weighted by Gasteiger charge is -2.46. The highest BCUT2D eigenvalue weighted by Gasteiger charge is 2.54. The van der Waals surface area contributed by atoms with Crippen LogP contribution in [-0.4, -0.2) is 29.5 Å². The summed E-state index contributed by atoms with van der Waals surface area (Å²) < 4.78 is 9.13. The van der Waals surface area contributed by atoms with Gasteiger partial charge in [-0.05, 0) is 98.6 Å². The molecule has 7 nitrogen and oxygen atoms in total. The van der Waals surface area contributed by atoms with E-state index in [1.165, 1.54) is 33.4 Å². The molecule has 0 aliphatic heterocycles. The Morgan fingerprint density at radius 3 is 1.78 bits per heavy atom. The molecule has 0 saturated heterocycles. The summed E-state index contributed by atoms with van der Waals surface area (Å²) in [6.07, 6.45) is 0.554. The van der Waals surface area contributed by atoms with E-state index in [1.54, 1.807) is 0 Å². The average Bonchev–Trinajstić information content (AvgIpc) is 3.77.